The number of ether oxygens (including phenoxy) is 1. The molecule has 3 amide bonds. The average Bonchev–Trinajstić information content (AvgIpc) is 2.61. The summed E-state index contributed by atoms with van der Waals surface area (Å²) >= 11 is 0. The molecule has 1 aliphatic carbocycles. The lowest BCUT2D eigenvalue weighted by Crippen LogP contribution is -2.52. The molecule has 0 unspecified atom stereocenters. The Balaban J connectivity index is 2.01. The van der Waals surface area contributed by atoms with Crippen molar-refractivity contribution in [3.8, 4) is 5.75 Å². The Morgan fingerprint density at radius 1 is 1.28 bits per heavy atom. The van der Waals surface area contributed by atoms with Gasteiger partial charge in [-0.15, -0.1) is 0 Å². The van der Waals surface area contributed by atoms with Gasteiger partial charge in [0.1, 0.15) is 11.3 Å². The molecule has 2 aliphatic rings. The SMILES string of the molecule is COc1ccccc1N1C(=O)NC2(CCC2)C1=O. The minimum absolute atomic E-state index is 0.164. The second-order valence-electron chi connectivity index (χ2n) is 4.68. The van der Waals surface area contributed by atoms with Gasteiger partial charge in [-0.05, 0) is 31.4 Å². The molecule has 5 heteroatoms. The summed E-state index contributed by atoms with van der Waals surface area (Å²) < 4.78 is 5.20. The minimum atomic E-state index is -0.655. The predicted octanol–water partition coefficient (Wildman–Crippen LogP) is 1.67. The lowest BCUT2D eigenvalue weighted by molar-refractivity contribution is -0.124. The van der Waals surface area contributed by atoms with E-state index in [9.17, 15) is 9.59 Å². The standard InChI is InChI=1S/C13H14N2O3/c1-18-10-6-3-2-5-9(10)15-11(16)13(7-4-8-13)14-12(15)17/h2-3,5-6H,4,7-8H2,1H3,(H,14,17). The van der Waals surface area contributed by atoms with Crippen molar-refractivity contribution < 1.29 is 14.3 Å². The molecule has 1 saturated carbocycles. The number of imide groups is 1. The summed E-state index contributed by atoms with van der Waals surface area (Å²) in [6.07, 6.45) is 2.43. The Kier molecular flexibility index (Phi) is 2.29. The number of rotatable bonds is 2. The fourth-order valence-corrected chi connectivity index (χ4v) is 2.52. The molecule has 94 valence electrons. The molecule has 0 bridgehead atoms. The quantitative estimate of drug-likeness (QED) is 0.807. The van der Waals surface area contributed by atoms with E-state index in [2.05, 4.69) is 5.32 Å². The van der Waals surface area contributed by atoms with Crippen molar-refractivity contribution in [1.29, 1.82) is 0 Å². The number of carbonyl (C=O) groups excluding carboxylic acids is 2. The number of anilines is 1. The Morgan fingerprint density at radius 3 is 2.56 bits per heavy atom. The van der Waals surface area contributed by atoms with Crippen LogP contribution in [0.15, 0.2) is 24.3 Å². The zero-order valence-electron chi connectivity index (χ0n) is 10.1. The molecule has 1 heterocycles. The molecular formula is C13H14N2O3. The highest BCUT2D eigenvalue weighted by Gasteiger charge is 2.55. The van der Waals surface area contributed by atoms with E-state index in [1.807, 2.05) is 0 Å². The van der Waals surface area contributed by atoms with Gasteiger partial charge in [0.15, 0.2) is 0 Å². The van der Waals surface area contributed by atoms with Gasteiger partial charge in [-0.2, -0.15) is 0 Å². The lowest BCUT2D eigenvalue weighted by Gasteiger charge is -2.34. The summed E-state index contributed by atoms with van der Waals surface area (Å²) in [4.78, 5) is 25.6. The number of carbonyl (C=O) groups is 2. The zero-order chi connectivity index (χ0) is 12.8. The van der Waals surface area contributed by atoms with Crippen LogP contribution in [0.1, 0.15) is 19.3 Å². The second kappa shape index (κ2) is 3.73. The van der Waals surface area contributed by atoms with Crippen molar-refractivity contribution in [3.63, 3.8) is 0 Å². The van der Waals surface area contributed by atoms with E-state index in [1.165, 1.54) is 12.0 Å². The third kappa shape index (κ3) is 1.33. The number of nitrogens with zero attached hydrogens (tertiary/aromatic N) is 1. The van der Waals surface area contributed by atoms with Crippen LogP contribution in [0.4, 0.5) is 10.5 Å². The van der Waals surface area contributed by atoms with Gasteiger partial charge in [-0.25, -0.2) is 9.69 Å². The first kappa shape index (κ1) is 11.1. The van der Waals surface area contributed by atoms with Crippen LogP contribution in [0.5, 0.6) is 5.75 Å². The smallest absolute Gasteiger partial charge is 0.329 e. The van der Waals surface area contributed by atoms with Gasteiger partial charge in [0.05, 0.1) is 12.8 Å². The molecule has 1 aromatic rings. The van der Waals surface area contributed by atoms with E-state index in [1.54, 1.807) is 24.3 Å². The van der Waals surface area contributed by atoms with Crippen molar-refractivity contribution in [3.05, 3.63) is 24.3 Å². The van der Waals surface area contributed by atoms with E-state index >= 15 is 0 Å². The maximum absolute atomic E-state index is 12.4. The summed E-state index contributed by atoms with van der Waals surface area (Å²) in [5.74, 6) is 0.362. The molecule has 18 heavy (non-hydrogen) atoms. The van der Waals surface area contributed by atoms with Gasteiger partial charge in [-0.3, -0.25) is 4.79 Å². The summed E-state index contributed by atoms with van der Waals surface area (Å²) in [6, 6.07) is 6.68. The highest BCUT2D eigenvalue weighted by molar-refractivity contribution is 6.24. The highest BCUT2D eigenvalue weighted by Crippen LogP contribution is 2.40. The van der Waals surface area contributed by atoms with Crippen molar-refractivity contribution in [2.75, 3.05) is 12.0 Å². The number of hydrogen-bond acceptors (Lipinski definition) is 3. The van der Waals surface area contributed by atoms with Crippen LogP contribution in [-0.4, -0.2) is 24.6 Å². The Morgan fingerprint density at radius 2 is 2.00 bits per heavy atom. The summed E-state index contributed by atoms with van der Waals surface area (Å²) in [7, 11) is 1.52. The van der Waals surface area contributed by atoms with Crippen molar-refractivity contribution in [1.82, 2.24) is 5.32 Å². The number of benzene rings is 1. The van der Waals surface area contributed by atoms with Crippen molar-refractivity contribution in [2.24, 2.45) is 0 Å². The number of amides is 3. The van der Waals surface area contributed by atoms with Crippen LogP contribution >= 0.6 is 0 Å². The first-order chi connectivity index (χ1) is 8.68. The average molecular weight is 246 g/mol. The zero-order valence-corrected chi connectivity index (χ0v) is 10.1. The van der Waals surface area contributed by atoms with Gasteiger partial charge in [-0.1, -0.05) is 12.1 Å². The van der Waals surface area contributed by atoms with E-state index < -0.39 is 5.54 Å². The van der Waals surface area contributed by atoms with Crippen molar-refractivity contribution >= 4 is 17.6 Å². The van der Waals surface area contributed by atoms with Crippen LogP contribution in [0, 0.1) is 0 Å². The summed E-state index contributed by atoms with van der Waals surface area (Å²) in [5.41, 5.74) is -0.149. The molecule has 2 fully saturated rings. The molecule has 3 rings (SSSR count). The van der Waals surface area contributed by atoms with Crippen LogP contribution < -0.4 is 15.0 Å². The molecule has 0 atom stereocenters. The Bertz CT molecular complexity index is 523. The van der Waals surface area contributed by atoms with Crippen LogP contribution in [0.2, 0.25) is 0 Å². The first-order valence-corrected chi connectivity index (χ1v) is 5.98. The Labute approximate surface area is 105 Å². The number of para-hydroxylation sites is 2. The number of methoxy groups -OCH3 is 1. The summed E-state index contributed by atoms with van der Waals surface area (Å²) in [5, 5.41) is 2.80. The number of urea groups is 1. The topological polar surface area (TPSA) is 58.6 Å². The first-order valence-electron chi connectivity index (χ1n) is 5.98. The lowest BCUT2D eigenvalue weighted by atomic mass is 9.77. The fraction of sp³-hybridized carbons (Fsp3) is 0.385. The predicted molar refractivity (Wildman–Crippen MR) is 65.6 cm³/mol. The molecule has 1 N–H and O–H groups in total. The van der Waals surface area contributed by atoms with Crippen LogP contribution in [-0.2, 0) is 4.79 Å². The van der Waals surface area contributed by atoms with Gasteiger partial charge >= 0.3 is 6.03 Å². The normalized spacial score (nSPS) is 20.8. The molecule has 1 aliphatic heterocycles. The largest absolute Gasteiger partial charge is 0.495 e. The maximum Gasteiger partial charge on any atom is 0.329 e. The van der Waals surface area contributed by atoms with E-state index in [0.29, 0.717) is 11.4 Å². The molecular weight excluding hydrogens is 232 g/mol. The third-order valence-corrected chi connectivity index (χ3v) is 3.69. The molecule has 1 aromatic carbocycles. The molecule has 0 aromatic heterocycles. The van der Waals surface area contributed by atoms with E-state index in [-0.39, 0.29) is 11.9 Å². The number of hydrogen-bond donors (Lipinski definition) is 1. The maximum atomic E-state index is 12.4. The number of nitrogens with one attached hydrogen (secondary N) is 1. The van der Waals surface area contributed by atoms with Gasteiger partial charge in [0.2, 0.25) is 0 Å². The van der Waals surface area contributed by atoms with Gasteiger partial charge in [0, 0.05) is 0 Å². The Hall–Kier alpha value is -2.04. The fourth-order valence-electron chi connectivity index (χ4n) is 2.52. The molecule has 1 spiro atoms. The third-order valence-electron chi connectivity index (χ3n) is 3.69. The monoisotopic (exact) mass is 246 g/mol. The second-order valence-corrected chi connectivity index (χ2v) is 4.68. The van der Waals surface area contributed by atoms with Gasteiger partial charge in [0.25, 0.3) is 5.91 Å². The van der Waals surface area contributed by atoms with Crippen molar-refractivity contribution in [2.45, 2.75) is 24.8 Å². The minimum Gasteiger partial charge on any atom is -0.495 e. The molecule has 0 radical (unpaired) electrons. The van der Waals surface area contributed by atoms with Crippen LogP contribution in [0.3, 0.4) is 0 Å². The van der Waals surface area contributed by atoms with Crippen LogP contribution in [0.25, 0.3) is 0 Å². The highest BCUT2D eigenvalue weighted by atomic mass is 16.5. The van der Waals surface area contributed by atoms with E-state index in [4.69, 9.17) is 4.74 Å². The summed E-state index contributed by atoms with van der Waals surface area (Å²) in [6.45, 7) is 0. The molecule has 1 saturated heterocycles. The van der Waals surface area contributed by atoms with Gasteiger partial charge < -0.3 is 10.1 Å². The molecule has 5 nitrogen and oxygen atoms in total. The van der Waals surface area contributed by atoms with E-state index in [0.717, 1.165) is 19.3 Å².